The number of aliphatic carboxylic acids is 1. The molecule has 1 N–H and O–H groups in total. The molecule has 2 unspecified atom stereocenters. The number of amides is 2. The summed E-state index contributed by atoms with van der Waals surface area (Å²) in [5.41, 5.74) is 0.350. The van der Waals surface area contributed by atoms with E-state index in [1.807, 2.05) is 0 Å². The first-order valence-corrected chi connectivity index (χ1v) is 6.50. The van der Waals surface area contributed by atoms with E-state index in [0.29, 0.717) is 10.7 Å². The Morgan fingerprint density at radius 2 is 2.10 bits per heavy atom. The Balaban J connectivity index is 2.44. The second-order valence-electron chi connectivity index (χ2n) is 4.37. The van der Waals surface area contributed by atoms with Crippen LogP contribution in [0, 0.1) is 5.92 Å². The molecule has 1 aromatic carbocycles. The third kappa shape index (κ3) is 2.54. The molecule has 8 heteroatoms. The maximum atomic E-state index is 12.1. The van der Waals surface area contributed by atoms with Crippen molar-refractivity contribution in [2.45, 2.75) is 13.2 Å². The van der Waals surface area contributed by atoms with Crippen molar-refractivity contribution in [3.8, 4) is 0 Å². The minimum Gasteiger partial charge on any atom is -0.481 e. The highest BCUT2D eigenvalue weighted by Crippen LogP contribution is 2.35. The zero-order valence-corrected chi connectivity index (χ0v) is 12.2. The lowest BCUT2D eigenvalue weighted by Crippen LogP contribution is -2.41. The van der Waals surface area contributed by atoms with Gasteiger partial charge in [-0.15, -0.1) is 0 Å². The molecule has 1 aliphatic rings. The summed E-state index contributed by atoms with van der Waals surface area (Å²) in [6, 6.07) is 4.10. The summed E-state index contributed by atoms with van der Waals surface area (Å²) in [5.74, 6) is -2.00. The molecule has 20 heavy (non-hydrogen) atoms. The van der Waals surface area contributed by atoms with Crippen molar-refractivity contribution in [2.24, 2.45) is 5.92 Å². The van der Waals surface area contributed by atoms with E-state index in [4.69, 9.17) is 33.1 Å². The van der Waals surface area contributed by atoms with E-state index in [1.54, 1.807) is 12.1 Å². The van der Waals surface area contributed by atoms with Crippen LogP contribution in [0.5, 0.6) is 0 Å². The zero-order chi connectivity index (χ0) is 15.0. The van der Waals surface area contributed by atoms with Crippen LogP contribution in [0.2, 0.25) is 10.0 Å². The van der Waals surface area contributed by atoms with E-state index in [0.717, 1.165) is 5.06 Å². The lowest BCUT2D eigenvalue weighted by molar-refractivity contribution is -0.157. The Kier molecular flexibility index (Phi) is 4.08. The third-order valence-corrected chi connectivity index (χ3v) is 3.52. The molecule has 0 aliphatic carbocycles. The Bertz CT molecular complexity index is 566. The monoisotopic (exact) mass is 318 g/mol. The third-order valence-electron chi connectivity index (χ3n) is 2.98. The van der Waals surface area contributed by atoms with Gasteiger partial charge in [0.05, 0.1) is 10.7 Å². The lowest BCUT2D eigenvalue weighted by atomic mass is 10.1. The molecule has 0 aromatic heterocycles. The summed E-state index contributed by atoms with van der Waals surface area (Å²) < 4.78 is 0. The van der Waals surface area contributed by atoms with Gasteiger partial charge in [-0.1, -0.05) is 23.2 Å². The number of halogens is 2. The number of hydrogen-bond donors (Lipinski definition) is 1. The summed E-state index contributed by atoms with van der Waals surface area (Å²) in [5, 5.41) is 10.7. The van der Waals surface area contributed by atoms with Gasteiger partial charge in [-0.05, 0) is 25.1 Å². The molecule has 0 spiro atoms. The summed E-state index contributed by atoms with van der Waals surface area (Å²) >= 11 is 11.9. The smallest absolute Gasteiger partial charge is 0.350 e. The molecule has 1 saturated heterocycles. The number of carbonyl (C=O) groups excluding carboxylic acids is 1. The van der Waals surface area contributed by atoms with Gasteiger partial charge in [0.15, 0.2) is 6.23 Å². The van der Waals surface area contributed by atoms with Gasteiger partial charge in [0.1, 0.15) is 5.92 Å². The first kappa shape index (κ1) is 14.9. The fourth-order valence-electron chi connectivity index (χ4n) is 1.87. The maximum absolute atomic E-state index is 12.1. The summed E-state index contributed by atoms with van der Waals surface area (Å²) in [4.78, 5) is 29.7. The topological polar surface area (TPSA) is 70.1 Å². The molecule has 0 bridgehead atoms. The second-order valence-corrected chi connectivity index (χ2v) is 5.21. The molecule has 6 nitrogen and oxygen atoms in total. The van der Waals surface area contributed by atoms with Crippen molar-refractivity contribution in [1.82, 2.24) is 5.06 Å². The van der Waals surface area contributed by atoms with Gasteiger partial charge in [0, 0.05) is 12.1 Å². The van der Waals surface area contributed by atoms with Crippen molar-refractivity contribution < 1.29 is 19.5 Å². The van der Waals surface area contributed by atoms with E-state index < -0.39 is 24.1 Å². The number of carboxylic acid groups (broad SMARTS) is 1. The summed E-state index contributed by atoms with van der Waals surface area (Å²) in [6.45, 7) is 1.45. The fraction of sp³-hybridized carbons (Fsp3) is 0.333. The highest BCUT2D eigenvalue weighted by Gasteiger charge is 2.44. The molecule has 1 aliphatic heterocycles. The van der Waals surface area contributed by atoms with Crippen molar-refractivity contribution >= 4 is 40.9 Å². The summed E-state index contributed by atoms with van der Waals surface area (Å²) in [6.07, 6.45) is -0.969. The Morgan fingerprint density at radius 3 is 2.65 bits per heavy atom. The molecule has 1 fully saturated rings. The quantitative estimate of drug-likeness (QED) is 0.930. The van der Waals surface area contributed by atoms with Crippen molar-refractivity contribution in [1.29, 1.82) is 0 Å². The molecule has 2 rings (SSSR count). The Hall–Kier alpha value is -1.50. The number of rotatable bonds is 3. The largest absolute Gasteiger partial charge is 0.481 e. The van der Waals surface area contributed by atoms with Gasteiger partial charge in [0.2, 0.25) is 0 Å². The van der Waals surface area contributed by atoms with Crippen LogP contribution < -0.4 is 4.90 Å². The van der Waals surface area contributed by atoms with Crippen molar-refractivity contribution in [3.05, 3.63) is 28.2 Å². The van der Waals surface area contributed by atoms with Crippen molar-refractivity contribution in [3.63, 3.8) is 0 Å². The number of anilines is 1. The molecule has 0 radical (unpaired) electrons. The Labute approximate surface area is 125 Å². The highest BCUT2D eigenvalue weighted by molar-refractivity contribution is 6.36. The predicted octanol–water partition coefficient (Wildman–Crippen LogP) is 2.84. The maximum Gasteiger partial charge on any atom is 0.350 e. The van der Waals surface area contributed by atoms with Gasteiger partial charge in [-0.3, -0.25) is 9.69 Å². The standard InChI is InChI=1S/C12H12Cl2N2O4/c1-6(11(17)18)10-16(12(19)15(2)20-10)9-4-3-7(13)5-8(9)14/h3-6,10H,1-2H3,(H,17,18). The molecule has 0 saturated carbocycles. The van der Waals surface area contributed by atoms with Crippen LogP contribution in [0.1, 0.15) is 6.92 Å². The predicted molar refractivity (Wildman–Crippen MR) is 73.8 cm³/mol. The number of urea groups is 1. The second kappa shape index (κ2) is 5.47. The average Bonchev–Trinajstić information content (AvgIpc) is 2.65. The van der Waals surface area contributed by atoms with Crippen LogP contribution in [0.4, 0.5) is 10.5 Å². The number of carbonyl (C=O) groups is 2. The Morgan fingerprint density at radius 1 is 1.45 bits per heavy atom. The van der Waals surface area contributed by atoms with Gasteiger partial charge in [0.25, 0.3) is 0 Å². The molecule has 2 atom stereocenters. The SMILES string of the molecule is CC(C(=O)O)C1ON(C)C(=O)N1c1ccc(Cl)cc1Cl. The van der Waals surface area contributed by atoms with Gasteiger partial charge >= 0.3 is 12.0 Å². The van der Waals surface area contributed by atoms with Crippen LogP contribution in [0.3, 0.4) is 0 Å². The average molecular weight is 319 g/mol. The summed E-state index contributed by atoms with van der Waals surface area (Å²) in [7, 11) is 1.41. The van der Waals surface area contributed by atoms with Crippen LogP contribution in [-0.4, -0.2) is 35.4 Å². The van der Waals surface area contributed by atoms with E-state index in [1.165, 1.54) is 24.9 Å². The zero-order valence-electron chi connectivity index (χ0n) is 10.7. The molecule has 2 amide bonds. The molecule has 1 aromatic rings. The highest BCUT2D eigenvalue weighted by atomic mass is 35.5. The lowest BCUT2D eigenvalue weighted by Gasteiger charge is -2.24. The molecular weight excluding hydrogens is 307 g/mol. The fourth-order valence-corrected chi connectivity index (χ4v) is 2.37. The van der Waals surface area contributed by atoms with E-state index in [2.05, 4.69) is 0 Å². The first-order valence-electron chi connectivity index (χ1n) is 5.74. The van der Waals surface area contributed by atoms with E-state index in [-0.39, 0.29) is 5.02 Å². The van der Waals surface area contributed by atoms with Gasteiger partial charge in [-0.25, -0.2) is 14.7 Å². The molecule has 108 valence electrons. The number of carboxylic acids is 1. The van der Waals surface area contributed by atoms with Crippen LogP contribution in [0.15, 0.2) is 18.2 Å². The van der Waals surface area contributed by atoms with Gasteiger partial charge < -0.3 is 5.11 Å². The molecular formula is C12H12Cl2N2O4. The minimum absolute atomic E-state index is 0.243. The number of nitrogens with zero attached hydrogens (tertiary/aromatic N) is 2. The van der Waals surface area contributed by atoms with Crippen LogP contribution >= 0.6 is 23.2 Å². The number of hydroxylamine groups is 2. The number of benzene rings is 1. The van der Waals surface area contributed by atoms with Gasteiger partial charge in [-0.2, -0.15) is 0 Å². The normalized spacial score (nSPS) is 20.4. The first-order chi connectivity index (χ1) is 9.32. The number of hydrogen-bond acceptors (Lipinski definition) is 3. The minimum atomic E-state index is -1.08. The van der Waals surface area contributed by atoms with E-state index >= 15 is 0 Å². The van der Waals surface area contributed by atoms with E-state index in [9.17, 15) is 9.59 Å². The van der Waals surface area contributed by atoms with Crippen molar-refractivity contribution in [2.75, 3.05) is 11.9 Å². The van der Waals surface area contributed by atoms with Crippen LogP contribution in [0.25, 0.3) is 0 Å². The molecule has 1 heterocycles. The van der Waals surface area contributed by atoms with Crippen LogP contribution in [-0.2, 0) is 9.63 Å².